The number of carbonyl (C=O) groups excluding carboxylic acids is 6. The molecule has 2 aromatic carbocycles. The van der Waals surface area contributed by atoms with E-state index in [0.29, 0.717) is 21.7 Å². The van der Waals surface area contributed by atoms with Gasteiger partial charge >= 0.3 is 24.0 Å². The molecule has 0 saturated heterocycles. The number of ether oxygens (including phenoxy) is 4. The number of carbonyl (C=O) groups is 6. The van der Waals surface area contributed by atoms with E-state index in [-0.39, 0.29) is 44.9 Å². The molecule has 14 nitrogen and oxygen atoms in total. The van der Waals surface area contributed by atoms with E-state index in [2.05, 4.69) is 16.0 Å². The lowest BCUT2D eigenvalue weighted by molar-refractivity contribution is -0.180. The molecule has 348 valence electrons. The van der Waals surface area contributed by atoms with E-state index in [1.165, 1.54) is 12.2 Å². The lowest BCUT2D eigenvalue weighted by Crippen LogP contribution is -2.51. The number of alkyl halides is 1. The van der Waals surface area contributed by atoms with Crippen molar-refractivity contribution in [2.75, 3.05) is 13.1 Å². The minimum Gasteiger partial charge on any atom is -0.460 e. The zero-order chi connectivity index (χ0) is 47.4. The highest BCUT2D eigenvalue weighted by Gasteiger charge is 2.39. The Balaban J connectivity index is 1.82. The normalized spacial score (nSPS) is 21.2. The molecule has 0 fully saturated rings. The van der Waals surface area contributed by atoms with Gasteiger partial charge in [0.05, 0.1) is 22.3 Å². The van der Waals surface area contributed by atoms with Crippen LogP contribution in [-0.2, 0) is 55.9 Å². The van der Waals surface area contributed by atoms with E-state index in [0.717, 1.165) is 5.56 Å². The van der Waals surface area contributed by atoms with Crippen LogP contribution in [0.5, 0.6) is 0 Å². The highest BCUT2D eigenvalue weighted by atomic mass is 35.5. The van der Waals surface area contributed by atoms with Gasteiger partial charge in [0.15, 0.2) is 6.10 Å². The molecule has 1 aliphatic heterocycles. The van der Waals surface area contributed by atoms with Gasteiger partial charge < -0.3 is 40.0 Å². The van der Waals surface area contributed by atoms with Crippen molar-refractivity contribution in [1.82, 2.24) is 16.0 Å². The van der Waals surface area contributed by atoms with Crippen molar-refractivity contribution in [3.63, 3.8) is 0 Å². The number of aliphatic hydroxyl groups excluding tert-OH is 1. The number of hydrogen-bond donors (Lipinski definition) is 4. The van der Waals surface area contributed by atoms with E-state index in [9.17, 15) is 33.9 Å². The van der Waals surface area contributed by atoms with E-state index in [1.807, 2.05) is 32.9 Å². The van der Waals surface area contributed by atoms with Gasteiger partial charge in [-0.1, -0.05) is 74.8 Å². The molecule has 0 radical (unpaired) electrons. The molecule has 63 heavy (non-hydrogen) atoms. The summed E-state index contributed by atoms with van der Waals surface area (Å²) < 4.78 is 22.6. The van der Waals surface area contributed by atoms with Gasteiger partial charge in [-0.05, 0) is 102 Å². The largest absolute Gasteiger partial charge is 0.460 e. The summed E-state index contributed by atoms with van der Waals surface area (Å²) in [5.41, 5.74) is -0.305. The van der Waals surface area contributed by atoms with Crippen molar-refractivity contribution in [3.8, 4) is 0 Å². The lowest BCUT2D eigenvalue weighted by atomic mass is 9.90. The van der Waals surface area contributed by atoms with Crippen molar-refractivity contribution in [3.05, 3.63) is 81.9 Å². The molecular formula is C47H65Cl2N3O11. The lowest BCUT2D eigenvalue weighted by Gasteiger charge is -2.32. The number of aryl methyl sites for hydroxylation is 1. The van der Waals surface area contributed by atoms with Crippen LogP contribution in [0.15, 0.2) is 54.6 Å². The minimum absolute atomic E-state index is 0.00548. The summed E-state index contributed by atoms with van der Waals surface area (Å²) in [6.45, 7) is 18.6. The fourth-order valence-corrected chi connectivity index (χ4v) is 6.83. The Morgan fingerprint density at radius 2 is 1.62 bits per heavy atom. The number of amides is 3. The molecule has 1 aliphatic rings. The summed E-state index contributed by atoms with van der Waals surface area (Å²) in [6.07, 6.45) is -1.40. The number of rotatable bonds is 13. The van der Waals surface area contributed by atoms with Crippen molar-refractivity contribution in [2.24, 2.45) is 22.7 Å². The Labute approximate surface area is 381 Å². The zero-order valence-electron chi connectivity index (χ0n) is 38.3. The van der Waals surface area contributed by atoms with Crippen LogP contribution in [0.3, 0.4) is 0 Å². The third-order valence-corrected chi connectivity index (χ3v) is 11.3. The summed E-state index contributed by atoms with van der Waals surface area (Å²) in [4.78, 5) is 79.3. The Hall–Kier alpha value is -4.66. The van der Waals surface area contributed by atoms with Gasteiger partial charge in [-0.25, -0.2) is 9.59 Å². The number of alkyl carbamates (subject to hydrolysis) is 1. The smallest absolute Gasteiger partial charge is 0.407 e. The number of hydrogen-bond acceptors (Lipinski definition) is 11. The van der Waals surface area contributed by atoms with Gasteiger partial charge in [-0.15, -0.1) is 11.6 Å². The van der Waals surface area contributed by atoms with Crippen LogP contribution in [0.4, 0.5) is 4.79 Å². The number of nitrogens with one attached hydrogen (secondary N) is 3. The first kappa shape index (κ1) is 52.7. The Kier molecular flexibility index (Phi) is 19.1. The van der Waals surface area contributed by atoms with Crippen LogP contribution in [0.2, 0.25) is 5.02 Å². The molecule has 4 N–H and O–H groups in total. The van der Waals surface area contributed by atoms with Crippen LogP contribution < -0.4 is 16.0 Å². The van der Waals surface area contributed by atoms with Gasteiger partial charge in [-0.2, -0.15) is 0 Å². The van der Waals surface area contributed by atoms with Crippen molar-refractivity contribution in [1.29, 1.82) is 0 Å². The molecule has 0 bridgehead atoms. The van der Waals surface area contributed by atoms with Crippen molar-refractivity contribution >= 4 is 59.0 Å². The van der Waals surface area contributed by atoms with Crippen LogP contribution >= 0.6 is 23.2 Å². The molecule has 0 saturated carbocycles. The number of esters is 3. The molecular weight excluding hydrogens is 853 g/mol. The first-order valence-electron chi connectivity index (χ1n) is 21.2. The molecule has 1 heterocycles. The second kappa shape index (κ2) is 22.8. The van der Waals surface area contributed by atoms with E-state index < -0.39 is 87.9 Å². The molecule has 3 rings (SSSR count). The SMILES string of the molecule is Cc1ccc(C[C@H]2NC(=O)/C=C/C[C@@H]([C@H](C)[C@@H](O)[C@@H](Cl)c3ccc(COC(=O)C(C)(C)CNC(=O)OC(C)(C)C)cc3)OC(=O)[C@H](CC(C)C)OC(=O)C(C)(C)CNC2=O)cc1Cl. The summed E-state index contributed by atoms with van der Waals surface area (Å²) in [7, 11) is 0. The van der Waals surface area contributed by atoms with Crippen LogP contribution in [0.1, 0.15) is 110 Å². The summed E-state index contributed by atoms with van der Waals surface area (Å²) in [5, 5.41) is 19.2. The molecule has 0 unspecified atom stereocenters. The van der Waals surface area contributed by atoms with Gasteiger partial charge in [-0.3, -0.25) is 19.2 Å². The van der Waals surface area contributed by atoms with Crippen LogP contribution in [0.25, 0.3) is 0 Å². The number of halogens is 2. The second-order valence-electron chi connectivity index (χ2n) is 18.9. The van der Waals surface area contributed by atoms with Gasteiger partial charge in [0.25, 0.3) is 0 Å². The predicted molar refractivity (Wildman–Crippen MR) is 240 cm³/mol. The van der Waals surface area contributed by atoms with Crippen molar-refractivity contribution in [2.45, 2.75) is 137 Å². The number of benzene rings is 2. The standard InChI is InChI=1S/C47H65Cl2N3O11/c1-27(2)21-36-41(56)61-35(13-12-14-37(53)52-34(23-31-16-15-28(3)33(48)22-31)40(55)50-25-47(10,11)43(58)62-36)29(4)39(54)38(49)32-19-17-30(18-20-32)24-60-42(57)46(8,9)26-51-44(59)63-45(5,6)7/h12,14-20,22,27,29,34-36,38-39,54H,13,21,23-26H2,1-11H3,(H,50,55)(H,51,59)(H,52,53)/b14-12+/t29-,34+,35-,36-,38-,39+/m0/s1. The van der Waals surface area contributed by atoms with Gasteiger partial charge in [0.2, 0.25) is 11.8 Å². The molecule has 0 aliphatic carbocycles. The maximum Gasteiger partial charge on any atom is 0.407 e. The number of aliphatic hydroxyl groups is 1. The molecule has 0 aromatic heterocycles. The topological polar surface area (TPSA) is 196 Å². The molecule has 0 spiro atoms. The fraction of sp³-hybridized carbons (Fsp3) is 0.574. The molecule has 6 atom stereocenters. The fourth-order valence-electron chi connectivity index (χ4n) is 6.25. The quantitative estimate of drug-likeness (QED) is 0.0900. The predicted octanol–water partition coefficient (Wildman–Crippen LogP) is 7.22. The Morgan fingerprint density at radius 3 is 2.22 bits per heavy atom. The van der Waals surface area contributed by atoms with Crippen molar-refractivity contribution < 1.29 is 52.8 Å². The van der Waals surface area contributed by atoms with E-state index >= 15 is 0 Å². The highest BCUT2D eigenvalue weighted by Crippen LogP contribution is 2.33. The summed E-state index contributed by atoms with van der Waals surface area (Å²) in [5.74, 6) is -4.16. The zero-order valence-corrected chi connectivity index (χ0v) is 39.8. The average Bonchev–Trinajstić information content (AvgIpc) is 3.19. The monoisotopic (exact) mass is 917 g/mol. The molecule has 2 aromatic rings. The van der Waals surface area contributed by atoms with Gasteiger partial charge in [0.1, 0.15) is 24.4 Å². The number of cyclic esters (lactones) is 2. The van der Waals surface area contributed by atoms with E-state index in [1.54, 1.807) is 85.7 Å². The third kappa shape index (κ3) is 16.8. The van der Waals surface area contributed by atoms with E-state index in [4.69, 9.17) is 42.1 Å². The maximum absolute atomic E-state index is 13.8. The average molecular weight is 919 g/mol. The highest BCUT2D eigenvalue weighted by molar-refractivity contribution is 6.31. The summed E-state index contributed by atoms with van der Waals surface area (Å²) in [6, 6.07) is 11.1. The van der Waals surface area contributed by atoms with Crippen LogP contribution in [0, 0.1) is 29.6 Å². The molecule has 3 amide bonds. The van der Waals surface area contributed by atoms with Crippen LogP contribution in [-0.4, -0.2) is 84.0 Å². The Morgan fingerprint density at radius 1 is 0.984 bits per heavy atom. The minimum atomic E-state index is -1.31. The summed E-state index contributed by atoms with van der Waals surface area (Å²) >= 11 is 13.2. The first-order valence-corrected chi connectivity index (χ1v) is 22.0. The second-order valence-corrected chi connectivity index (χ2v) is 19.8. The first-order chi connectivity index (χ1) is 29.2. The Bertz CT molecular complexity index is 1960. The van der Waals surface area contributed by atoms with Gasteiger partial charge in [0, 0.05) is 36.9 Å². The third-order valence-electron chi connectivity index (χ3n) is 10.4. The molecule has 16 heteroatoms. The maximum atomic E-state index is 13.8.